The van der Waals surface area contributed by atoms with Crippen molar-refractivity contribution in [3.63, 3.8) is 0 Å². The molecule has 4 aromatic rings. The van der Waals surface area contributed by atoms with E-state index in [4.69, 9.17) is 0 Å². The molecule has 0 aromatic heterocycles. The molecule has 0 saturated carbocycles. The van der Waals surface area contributed by atoms with Crippen LogP contribution in [0.2, 0.25) is 0 Å². The number of hydrogen-bond acceptors (Lipinski definition) is 10. The van der Waals surface area contributed by atoms with Crippen molar-refractivity contribution in [1.29, 1.82) is 0 Å². The number of phenols is 1. The first-order valence-electron chi connectivity index (χ1n) is 12.5. The predicted molar refractivity (Wildman–Crippen MR) is 156 cm³/mol. The third kappa shape index (κ3) is 6.75. The summed E-state index contributed by atoms with van der Waals surface area (Å²) >= 11 is 0. The lowest BCUT2D eigenvalue weighted by Gasteiger charge is -2.11. The molecule has 3 N–H and O–H groups in total. The van der Waals surface area contributed by atoms with Crippen molar-refractivity contribution in [3.8, 4) is 5.75 Å². The van der Waals surface area contributed by atoms with Gasteiger partial charge in [0.15, 0.2) is 5.75 Å². The van der Waals surface area contributed by atoms with Gasteiger partial charge in [0.25, 0.3) is 10.1 Å². The Morgan fingerprint density at radius 2 is 1.37 bits per heavy atom. The summed E-state index contributed by atoms with van der Waals surface area (Å²) in [5, 5.41) is 39.2. The van der Waals surface area contributed by atoms with Gasteiger partial charge in [-0.25, -0.2) is 0 Å². The van der Waals surface area contributed by atoms with Crippen LogP contribution in [0.25, 0.3) is 10.8 Å². The Hall–Kier alpha value is -5.07. The highest BCUT2D eigenvalue weighted by molar-refractivity contribution is 7.86. The van der Waals surface area contributed by atoms with Crippen LogP contribution < -0.4 is 5.32 Å². The average molecular weight is 568 g/mol. The van der Waals surface area contributed by atoms with Gasteiger partial charge >= 0.3 is 0 Å². The van der Waals surface area contributed by atoms with Crippen LogP contribution in [0.1, 0.15) is 12.8 Å². The maximum atomic E-state index is 12.2. The molecular formula is C29H25N7O4S. The lowest BCUT2D eigenvalue weighted by Crippen LogP contribution is -1.99. The second-order valence-electron chi connectivity index (χ2n) is 9.01. The molecule has 1 aliphatic rings. The third-order valence-electron chi connectivity index (χ3n) is 6.13. The number of anilines is 2. The van der Waals surface area contributed by atoms with Crippen LogP contribution in [-0.2, 0) is 10.1 Å². The first kappa shape index (κ1) is 27.5. The van der Waals surface area contributed by atoms with Crippen molar-refractivity contribution in [2.24, 2.45) is 30.7 Å². The van der Waals surface area contributed by atoms with E-state index in [0.717, 1.165) is 23.5 Å². The van der Waals surface area contributed by atoms with Gasteiger partial charge in [0.05, 0.1) is 22.8 Å². The van der Waals surface area contributed by atoms with Crippen LogP contribution in [0.4, 0.5) is 28.4 Å². The van der Waals surface area contributed by atoms with E-state index >= 15 is 0 Å². The fourth-order valence-corrected chi connectivity index (χ4v) is 4.79. The maximum Gasteiger partial charge on any atom is 0.296 e. The topological polar surface area (TPSA) is 161 Å². The van der Waals surface area contributed by atoms with Gasteiger partial charge in [-0.2, -0.15) is 34.0 Å². The Labute approximate surface area is 236 Å². The molecule has 12 heteroatoms. The third-order valence-corrected chi connectivity index (χ3v) is 7.00. The van der Waals surface area contributed by atoms with Crippen LogP contribution in [0, 0.1) is 0 Å². The van der Waals surface area contributed by atoms with E-state index in [1.807, 2.05) is 42.5 Å². The summed E-state index contributed by atoms with van der Waals surface area (Å²) in [6.45, 7) is 0. The Balaban J connectivity index is 1.39. The summed E-state index contributed by atoms with van der Waals surface area (Å²) in [5.41, 5.74) is 3.80. The summed E-state index contributed by atoms with van der Waals surface area (Å²) in [7, 11) is -3.11. The molecule has 206 valence electrons. The van der Waals surface area contributed by atoms with E-state index in [1.165, 1.54) is 6.07 Å². The number of phenolic OH excluding ortho intramolecular Hbond substituents is 1. The molecule has 0 amide bonds. The van der Waals surface area contributed by atoms with Gasteiger partial charge in [-0.15, -0.1) is 5.11 Å². The predicted octanol–water partition coefficient (Wildman–Crippen LogP) is 8.68. The number of allylic oxidation sites excluding steroid dienone is 4. The average Bonchev–Trinajstić information content (AvgIpc) is 2.97. The van der Waals surface area contributed by atoms with Crippen LogP contribution in [-0.4, -0.2) is 25.1 Å². The molecule has 0 fully saturated rings. The fraction of sp³-hybridized carbons (Fsp3) is 0.103. The van der Waals surface area contributed by atoms with Gasteiger partial charge in [0.1, 0.15) is 10.6 Å². The number of hydrogen-bond donors (Lipinski definition) is 3. The normalized spacial score (nSPS) is 14.2. The fourth-order valence-electron chi connectivity index (χ4n) is 4.14. The standard InChI is InChI=1S/C29H25N7O4S/c1-30-32-21-7-9-22(10-8-21)33-34-23-11-13-24(14-12-23)35-36-28-27(41(38,39)40)18-19-17-25(15-16-26(19)29(28)37)31-20-5-3-2-4-6-20/h2-7,9,11-18,31,37H,8,10H2,1H3,(H,38,39,40). The highest BCUT2D eigenvalue weighted by Crippen LogP contribution is 2.42. The number of aromatic hydroxyl groups is 1. The van der Waals surface area contributed by atoms with Crippen LogP contribution >= 0.6 is 0 Å². The Bertz CT molecular complexity index is 1850. The van der Waals surface area contributed by atoms with Crippen LogP contribution in [0.3, 0.4) is 0 Å². The zero-order valence-corrected chi connectivity index (χ0v) is 22.7. The minimum atomic E-state index is -4.74. The molecule has 0 bridgehead atoms. The SMILES string of the molecule is CN=NC1=CC=C(N=Nc2ccc(N=Nc3c(S(=O)(=O)O)cc4cc(Nc5ccccc5)ccc4c3O)cc2)CC1. The Morgan fingerprint density at radius 1 is 0.732 bits per heavy atom. The molecule has 0 atom stereocenters. The van der Waals surface area contributed by atoms with E-state index in [-0.39, 0.29) is 5.69 Å². The highest BCUT2D eigenvalue weighted by Gasteiger charge is 2.22. The minimum Gasteiger partial charge on any atom is -0.505 e. The number of fused-ring (bicyclic) bond motifs is 1. The second kappa shape index (κ2) is 12.0. The minimum absolute atomic E-state index is 0.345. The molecule has 0 radical (unpaired) electrons. The van der Waals surface area contributed by atoms with Gasteiger partial charge in [-0.05, 0) is 91.0 Å². The van der Waals surface area contributed by atoms with Gasteiger partial charge in [0.2, 0.25) is 0 Å². The number of nitrogens with zero attached hydrogens (tertiary/aromatic N) is 6. The summed E-state index contributed by atoms with van der Waals surface area (Å²) in [5.74, 6) is -0.422. The van der Waals surface area contributed by atoms with Gasteiger partial charge in [-0.3, -0.25) is 4.55 Å². The molecule has 0 aliphatic heterocycles. The number of benzene rings is 4. The molecular weight excluding hydrogens is 542 g/mol. The molecule has 41 heavy (non-hydrogen) atoms. The maximum absolute atomic E-state index is 12.2. The molecule has 11 nitrogen and oxygen atoms in total. The summed E-state index contributed by atoms with van der Waals surface area (Å²) in [6.07, 6.45) is 5.15. The Morgan fingerprint density at radius 3 is 1.98 bits per heavy atom. The zero-order chi connectivity index (χ0) is 28.8. The summed E-state index contributed by atoms with van der Waals surface area (Å²) in [6, 6.07) is 22.3. The second-order valence-corrected chi connectivity index (χ2v) is 10.4. The quantitative estimate of drug-likeness (QED) is 0.143. The molecule has 4 aromatic carbocycles. The lowest BCUT2D eigenvalue weighted by atomic mass is 10.1. The van der Waals surface area contributed by atoms with Crippen molar-refractivity contribution in [1.82, 2.24) is 0 Å². The molecule has 5 rings (SSSR count). The Kier molecular flexibility index (Phi) is 8.04. The number of azo groups is 3. The van der Waals surface area contributed by atoms with E-state index in [9.17, 15) is 18.1 Å². The molecule has 0 unspecified atom stereocenters. The molecule has 1 aliphatic carbocycles. The van der Waals surface area contributed by atoms with Crippen LogP contribution in [0.15, 0.2) is 138 Å². The van der Waals surface area contributed by atoms with Gasteiger partial charge in [-0.1, -0.05) is 18.2 Å². The molecule has 0 heterocycles. The zero-order valence-electron chi connectivity index (χ0n) is 21.9. The molecule has 0 spiro atoms. The first-order valence-corrected chi connectivity index (χ1v) is 14.0. The van der Waals surface area contributed by atoms with Crippen molar-refractivity contribution >= 4 is 49.3 Å². The van der Waals surface area contributed by atoms with E-state index < -0.39 is 20.8 Å². The molecule has 0 saturated heterocycles. The van der Waals surface area contributed by atoms with Crippen molar-refractivity contribution in [3.05, 3.63) is 102 Å². The smallest absolute Gasteiger partial charge is 0.296 e. The monoisotopic (exact) mass is 567 g/mol. The van der Waals surface area contributed by atoms with E-state index in [1.54, 1.807) is 49.5 Å². The van der Waals surface area contributed by atoms with Crippen molar-refractivity contribution in [2.45, 2.75) is 17.7 Å². The highest BCUT2D eigenvalue weighted by atomic mass is 32.2. The van der Waals surface area contributed by atoms with E-state index in [0.29, 0.717) is 34.3 Å². The summed E-state index contributed by atoms with van der Waals surface area (Å²) in [4.78, 5) is -0.563. The lowest BCUT2D eigenvalue weighted by molar-refractivity contribution is 0.472. The summed E-state index contributed by atoms with van der Waals surface area (Å²) < 4.78 is 34.3. The van der Waals surface area contributed by atoms with Gasteiger partial charge < -0.3 is 10.4 Å². The number of nitrogens with one attached hydrogen (secondary N) is 1. The van der Waals surface area contributed by atoms with Crippen molar-refractivity contribution in [2.75, 3.05) is 12.4 Å². The van der Waals surface area contributed by atoms with Crippen molar-refractivity contribution < 1.29 is 18.1 Å². The first-order chi connectivity index (χ1) is 19.8. The number of rotatable bonds is 8. The largest absolute Gasteiger partial charge is 0.505 e. The van der Waals surface area contributed by atoms with Crippen LogP contribution in [0.5, 0.6) is 5.75 Å². The van der Waals surface area contributed by atoms with E-state index in [2.05, 4.69) is 36.0 Å². The van der Waals surface area contributed by atoms with Gasteiger partial charge in [0, 0.05) is 23.8 Å². The number of para-hydroxylation sites is 1.